The number of halogens is 1. The summed E-state index contributed by atoms with van der Waals surface area (Å²) in [7, 11) is 0. The maximum absolute atomic E-state index is 10.9. The molecule has 1 fully saturated rings. The van der Waals surface area contributed by atoms with Crippen LogP contribution in [0.4, 0.5) is 0 Å². The summed E-state index contributed by atoms with van der Waals surface area (Å²) in [5.41, 5.74) is 1.23. The van der Waals surface area contributed by atoms with Gasteiger partial charge in [0.05, 0.1) is 0 Å². The zero-order chi connectivity index (χ0) is 11.5. The normalized spacial score (nSPS) is 25.3. The number of rotatable bonds is 2. The van der Waals surface area contributed by atoms with Crippen molar-refractivity contribution in [2.45, 2.75) is 24.8 Å². The molecule has 1 aromatic rings. The molecule has 1 aliphatic rings. The van der Waals surface area contributed by atoms with Gasteiger partial charge in [-0.3, -0.25) is 4.79 Å². The molecule has 3 nitrogen and oxygen atoms in total. The number of nitrogens with one attached hydrogen (secondary N) is 1. The lowest BCUT2D eigenvalue weighted by atomic mass is 9.86. The average molecular weight is 284 g/mol. The van der Waals surface area contributed by atoms with E-state index in [1.165, 1.54) is 5.56 Å². The Morgan fingerprint density at radius 2 is 2.06 bits per heavy atom. The summed E-state index contributed by atoms with van der Waals surface area (Å²) in [5, 5.41) is 12.0. The van der Waals surface area contributed by atoms with Crippen molar-refractivity contribution in [2.75, 3.05) is 6.54 Å². The van der Waals surface area contributed by atoms with Crippen LogP contribution < -0.4 is 5.32 Å². The van der Waals surface area contributed by atoms with E-state index in [9.17, 15) is 4.79 Å². The van der Waals surface area contributed by atoms with Gasteiger partial charge in [-0.2, -0.15) is 0 Å². The maximum Gasteiger partial charge on any atom is 0.320 e. The van der Waals surface area contributed by atoms with Gasteiger partial charge in [0, 0.05) is 4.47 Å². The SMILES string of the molecule is O=C(O)C1CC(c2ccc(Br)cc2)CCN1. The lowest BCUT2D eigenvalue weighted by Crippen LogP contribution is -2.42. The third-order valence-electron chi connectivity index (χ3n) is 3.04. The number of carbonyl (C=O) groups is 1. The van der Waals surface area contributed by atoms with E-state index in [-0.39, 0.29) is 0 Å². The number of carboxylic acid groups (broad SMARTS) is 1. The minimum atomic E-state index is -0.748. The van der Waals surface area contributed by atoms with Crippen molar-refractivity contribution in [2.24, 2.45) is 0 Å². The van der Waals surface area contributed by atoms with E-state index in [4.69, 9.17) is 5.11 Å². The maximum atomic E-state index is 10.9. The summed E-state index contributed by atoms with van der Waals surface area (Å²) in [5.74, 6) is -0.391. The Kier molecular flexibility index (Phi) is 3.61. The number of piperidine rings is 1. The van der Waals surface area contributed by atoms with Crippen molar-refractivity contribution in [1.82, 2.24) is 5.32 Å². The highest BCUT2D eigenvalue weighted by atomic mass is 79.9. The van der Waals surface area contributed by atoms with Gasteiger partial charge in [-0.1, -0.05) is 28.1 Å². The van der Waals surface area contributed by atoms with Crippen molar-refractivity contribution in [3.8, 4) is 0 Å². The molecule has 1 aromatic carbocycles. The van der Waals surface area contributed by atoms with Crippen LogP contribution in [0, 0.1) is 0 Å². The number of benzene rings is 1. The summed E-state index contributed by atoms with van der Waals surface area (Å²) in [4.78, 5) is 10.9. The minimum absolute atomic E-state index is 0.357. The molecule has 0 aliphatic carbocycles. The Labute approximate surface area is 103 Å². The van der Waals surface area contributed by atoms with Gasteiger partial charge in [-0.15, -0.1) is 0 Å². The van der Waals surface area contributed by atoms with E-state index in [1.807, 2.05) is 12.1 Å². The number of aliphatic carboxylic acids is 1. The molecule has 16 heavy (non-hydrogen) atoms. The first-order valence-corrected chi connectivity index (χ1v) is 6.18. The van der Waals surface area contributed by atoms with Crippen molar-refractivity contribution < 1.29 is 9.90 Å². The first-order chi connectivity index (χ1) is 7.66. The van der Waals surface area contributed by atoms with Gasteiger partial charge in [-0.25, -0.2) is 0 Å². The molecule has 0 saturated carbocycles. The summed E-state index contributed by atoms with van der Waals surface area (Å²) in [6, 6.07) is 7.75. The zero-order valence-corrected chi connectivity index (χ0v) is 10.4. The van der Waals surface area contributed by atoms with E-state index < -0.39 is 12.0 Å². The monoisotopic (exact) mass is 283 g/mol. The van der Waals surface area contributed by atoms with Crippen LogP contribution in [-0.2, 0) is 4.79 Å². The molecule has 1 saturated heterocycles. The molecule has 1 aliphatic heterocycles. The quantitative estimate of drug-likeness (QED) is 0.876. The van der Waals surface area contributed by atoms with Gasteiger partial charge in [0.1, 0.15) is 6.04 Å². The third kappa shape index (κ3) is 2.62. The first kappa shape index (κ1) is 11.6. The highest BCUT2D eigenvalue weighted by Gasteiger charge is 2.27. The van der Waals surface area contributed by atoms with E-state index >= 15 is 0 Å². The van der Waals surface area contributed by atoms with Gasteiger partial charge in [-0.05, 0) is 43.0 Å². The average Bonchev–Trinajstić information content (AvgIpc) is 2.30. The van der Waals surface area contributed by atoms with Gasteiger partial charge >= 0.3 is 5.97 Å². The molecule has 2 rings (SSSR count). The lowest BCUT2D eigenvalue weighted by molar-refractivity contribution is -0.140. The molecule has 0 amide bonds. The largest absolute Gasteiger partial charge is 0.480 e. The standard InChI is InChI=1S/C12H14BrNO2/c13-10-3-1-8(2-4-10)9-5-6-14-11(7-9)12(15)16/h1-4,9,11,14H,5-7H2,(H,15,16). The van der Waals surface area contributed by atoms with Gasteiger partial charge in [0.2, 0.25) is 0 Å². The predicted molar refractivity (Wildman–Crippen MR) is 65.5 cm³/mol. The number of carboxylic acids is 1. The van der Waals surface area contributed by atoms with Gasteiger partial charge < -0.3 is 10.4 Å². The second-order valence-corrected chi connectivity index (χ2v) is 5.03. The van der Waals surface area contributed by atoms with Crippen LogP contribution in [0.25, 0.3) is 0 Å². The topological polar surface area (TPSA) is 49.3 Å². The van der Waals surface area contributed by atoms with E-state index in [1.54, 1.807) is 0 Å². The van der Waals surface area contributed by atoms with Crippen LogP contribution in [0.2, 0.25) is 0 Å². The third-order valence-corrected chi connectivity index (χ3v) is 3.57. The molecule has 0 aromatic heterocycles. The fraction of sp³-hybridized carbons (Fsp3) is 0.417. The summed E-state index contributed by atoms with van der Waals surface area (Å²) in [6.07, 6.45) is 1.68. The second-order valence-electron chi connectivity index (χ2n) is 4.12. The van der Waals surface area contributed by atoms with Crippen LogP contribution in [0.3, 0.4) is 0 Å². The Morgan fingerprint density at radius 3 is 2.69 bits per heavy atom. The highest BCUT2D eigenvalue weighted by Crippen LogP contribution is 2.28. The molecule has 86 valence electrons. The number of hydrogen-bond donors (Lipinski definition) is 2. The van der Waals surface area contributed by atoms with Crippen molar-refractivity contribution >= 4 is 21.9 Å². The molecule has 1 heterocycles. The van der Waals surface area contributed by atoms with Crippen LogP contribution in [0.5, 0.6) is 0 Å². The lowest BCUT2D eigenvalue weighted by Gasteiger charge is -2.28. The molecule has 4 heteroatoms. The molecular weight excluding hydrogens is 270 g/mol. The van der Waals surface area contributed by atoms with Crippen LogP contribution in [0.15, 0.2) is 28.7 Å². The molecule has 0 radical (unpaired) electrons. The number of hydrogen-bond acceptors (Lipinski definition) is 2. The summed E-state index contributed by atoms with van der Waals surface area (Å²) >= 11 is 3.40. The molecule has 0 bridgehead atoms. The first-order valence-electron chi connectivity index (χ1n) is 5.38. The minimum Gasteiger partial charge on any atom is -0.480 e. The fourth-order valence-corrected chi connectivity index (χ4v) is 2.41. The molecule has 2 unspecified atom stereocenters. The van der Waals surface area contributed by atoms with E-state index in [0.29, 0.717) is 12.3 Å². The molecule has 0 spiro atoms. The van der Waals surface area contributed by atoms with Crippen molar-refractivity contribution in [3.63, 3.8) is 0 Å². The van der Waals surface area contributed by atoms with Crippen LogP contribution in [-0.4, -0.2) is 23.7 Å². The smallest absolute Gasteiger partial charge is 0.320 e. The Balaban J connectivity index is 2.09. The predicted octanol–water partition coefficient (Wildman–Crippen LogP) is 2.37. The van der Waals surface area contributed by atoms with Crippen LogP contribution in [0.1, 0.15) is 24.3 Å². The second kappa shape index (κ2) is 4.97. The van der Waals surface area contributed by atoms with E-state index in [0.717, 1.165) is 17.4 Å². The van der Waals surface area contributed by atoms with Crippen molar-refractivity contribution in [1.29, 1.82) is 0 Å². The highest BCUT2D eigenvalue weighted by molar-refractivity contribution is 9.10. The summed E-state index contributed by atoms with van der Waals surface area (Å²) < 4.78 is 1.06. The molecule has 2 atom stereocenters. The Morgan fingerprint density at radius 1 is 1.38 bits per heavy atom. The Hall–Kier alpha value is -0.870. The Bertz CT molecular complexity index is 377. The molecule has 2 N–H and O–H groups in total. The molecular formula is C12H14BrNO2. The zero-order valence-electron chi connectivity index (χ0n) is 8.82. The van der Waals surface area contributed by atoms with Crippen LogP contribution >= 0.6 is 15.9 Å². The van der Waals surface area contributed by atoms with E-state index in [2.05, 4.69) is 33.4 Å². The van der Waals surface area contributed by atoms with Gasteiger partial charge in [0.15, 0.2) is 0 Å². The van der Waals surface area contributed by atoms with Gasteiger partial charge in [0.25, 0.3) is 0 Å². The van der Waals surface area contributed by atoms with Crippen molar-refractivity contribution in [3.05, 3.63) is 34.3 Å². The fourth-order valence-electron chi connectivity index (χ4n) is 2.14. The summed E-state index contributed by atoms with van der Waals surface area (Å²) in [6.45, 7) is 0.775.